The van der Waals surface area contributed by atoms with Crippen LogP contribution in [-0.2, 0) is 16.1 Å². The molecule has 1 N–H and O–H groups in total. The Balaban J connectivity index is 2.17. The molecule has 29 heavy (non-hydrogen) atoms. The van der Waals surface area contributed by atoms with E-state index in [1.165, 1.54) is 0 Å². The van der Waals surface area contributed by atoms with Crippen LogP contribution in [0, 0.1) is 6.92 Å². The molecule has 6 heteroatoms. The molecule has 0 fully saturated rings. The van der Waals surface area contributed by atoms with Gasteiger partial charge in [0, 0.05) is 12.6 Å². The molecule has 0 radical (unpaired) electrons. The minimum Gasteiger partial charge on any atom is -0.482 e. The largest absolute Gasteiger partial charge is 0.482 e. The van der Waals surface area contributed by atoms with Gasteiger partial charge in [-0.1, -0.05) is 60.5 Å². The molecule has 0 heterocycles. The van der Waals surface area contributed by atoms with Crippen molar-refractivity contribution in [2.75, 3.05) is 6.61 Å². The molecule has 0 saturated carbocycles. The Hall–Kier alpha value is -2.53. The molecule has 0 aliphatic carbocycles. The van der Waals surface area contributed by atoms with Crippen LogP contribution in [0.25, 0.3) is 0 Å². The molecule has 2 atom stereocenters. The van der Waals surface area contributed by atoms with Gasteiger partial charge in [-0.25, -0.2) is 0 Å². The number of hydrogen-bond donors (Lipinski definition) is 1. The second-order valence-electron chi connectivity index (χ2n) is 7.22. The van der Waals surface area contributed by atoms with Crippen LogP contribution in [0.1, 0.15) is 38.3 Å². The molecule has 0 saturated heterocycles. The summed E-state index contributed by atoms with van der Waals surface area (Å²) in [4.78, 5) is 27.2. The number of amides is 2. The summed E-state index contributed by atoms with van der Waals surface area (Å²) >= 11 is 6.11. The van der Waals surface area contributed by atoms with Crippen LogP contribution in [0.5, 0.6) is 5.75 Å². The van der Waals surface area contributed by atoms with E-state index in [9.17, 15) is 9.59 Å². The van der Waals surface area contributed by atoms with Crippen LogP contribution in [0.15, 0.2) is 48.5 Å². The zero-order valence-electron chi connectivity index (χ0n) is 17.4. The third-order valence-corrected chi connectivity index (χ3v) is 5.10. The lowest BCUT2D eigenvalue weighted by Gasteiger charge is -2.29. The lowest BCUT2D eigenvalue weighted by atomic mass is 10.1. The molecule has 0 aliphatic heterocycles. The maximum Gasteiger partial charge on any atom is 0.261 e. The predicted molar refractivity (Wildman–Crippen MR) is 116 cm³/mol. The smallest absolute Gasteiger partial charge is 0.261 e. The van der Waals surface area contributed by atoms with E-state index >= 15 is 0 Å². The van der Waals surface area contributed by atoms with Crippen molar-refractivity contribution in [3.05, 3.63) is 64.7 Å². The highest BCUT2D eigenvalue weighted by Crippen LogP contribution is 2.23. The number of ether oxygens (including phenoxy) is 1. The Labute approximate surface area is 178 Å². The number of rotatable bonds is 9. The highest BCUT2D eigenvalue weighted by molar-refractivity contribution is 6.32. The third-order valence-electron chi connectivity index (χ3n) is 4.79. The lowest BCUT2D eigenvalue weighted by molar-refractivity contribution is -0.142. The fourth-order valence-electron chi connectivity index (χ4n) is 2.84. The molecule has 0 bridgehead atoms. The van der Waals surface area contributed by atoms with Crippen LogP contribution in [-0.4, -0.2) is 35.4 Å². The van der Waals surface area contributed by atoms with Crippen LogP contribution in [0.4, 0.5) is 0 Å². The first-order chi connectivity index (χ1) is 13.8. The minimum absolute atomic E-state index is 0.0419. The second kappa shape index (κ2) is 10.9. The second-order valence-corrected chi connectivity index (χ2v) is 7.63. The van der Waals surface area contributed by atoms with E-state index in [0.717, 1.165) is 17.5 Å². The van der Waals surface area contributed by atoms with Crippen molar-refractivity contribution in [3.8, 4) is 5.75 Å². The number of nitrogens with zero attached hydrogens (tertiary/aromatic N) is 1. The van der Waals surface area contributed by atoms with E-state index in [-0.39, 0.29) is 24.5 Å². The van der Waals surface area contributed by atoms with Crippen LogP contribution < -0.4 is 10.1 Å². The fraction of sp³-hybridized carbons (Fsp3) is 0.391. The number of hydrogen-bond acceptors (Lipinski definition) is 3. The average Bonchev–Trinajstić information content (AvgIpc) is 2.70. The fourth-order valence-corrected chi connectivity index (χ4v) is 3.03. The van der Waals surface area contributed by atoms with Gasteiger partial charge in [-0.2, -0.15) is 0 Å². The average molecular weight is 417 g/mol. The summed E-state index contributed by atoms with van der Waals surface area (Å²) < 4.78 is 5.62. The van der Waals surface area contributed by atoms with Gasteiger partial charge in [0.1, 0.15) is 11.8 Å². The molecule has 0 aliphatic rings. The maximum atomic E-state index is 13.0. The monoisotopic (exact) mass is 416 g/mol. The van der Waals surface area contributed by atoms with Crippen molar-refractivity contribution < 1.29 is 14.3 Å². The van der Waals surface area contributed by atoms with Gasteiger partial charge in [0.25, 0.3) is 5.91 Å². The quantitative estimate of drug-likeness (QED) is 0.660. The van der Waals surface area contributed by atoms with E-state index < -0.39 is 6.04 Å². The first-order valence-corrected chi connectivity index (χ1v) is 10.2. The van der Waals surface area contributed by atoms with Gasteiger partial charge < -0.3 is 15.0 Å². The summed E-state index contributed by atoms with van der Waals surface area (Å²) in [5.41, 5.74) is 2.05. The molecular formula is C23H29ClN2O3. The molecular weight excluding hydrogens is 388 g/mol. The van der Waals surface area contributed by atoms with Crippen LogP contribution in [0.2, 0.25) is 5.02 Å². The summed E-state index contributed by atoms with van der Waals surface area (Å²) in [5, 5.41) is 3.39. The van der Waals surface area contributed by atoms with Gasteiger partial charge in [-0.15, -0.1) is 0 Å². The SMILES string of the molecule is CC[C@@H](C)NC(=O)[C@H](C)N(Cc1cccc(C)c1)C(=O)COc1ccccc1Cl. The number of nitrogens with one attached hydrogen (secondary N) is 1. The Morgan fingerprint density at radius 2 is 1.86 bits per heavy atom. The Morgan fingerprint density at radius 3 is 2.52 bits per heavy atom. The summed E-state index contributed by atoms with van der Waals surface area (Å²) in [7, 11) is 0. The number of aryl methyl sites for hydroxylation is 1. The zero-order chi connectivity index (χ0) is 21.4. The maximum absolute atomic E-state index is 13.0. The summed E-state index contributed by atoms with van der Waals surface area (Å²) in [5.74, 6) is -0.0222. The van der Waals surface area contributed by atoms with Gasteiger partial charge in [0.15, 0.2) is 6.61 Å². The molecule has 0 aromatic heterocycles. The number of benzene rings is 2. The lowest BCUT2D eigenvalue weighted by Crippen LogP contribution is -2.50. The molecule has 2 amide bonds. The van der Waals surface area contributed by atoms with Gasteiger partial charge in [-0.05, 0) is 44.9 Å². The van der Waals surface area contributed by atoms with Crippen molar-refractivity contribution >= 4 is 23.4 Å². The summed E-state index contributed by atoms with van der Waals surface area (Å²) in [6, 6.07) is 14.3. The Morgan fingerprint density at radius 1 is 1.14 bits per heavy atom. The molecule has 2 aromatic carbocycles. The van der Waals surface area contributed by atoms with Gasteiger partial charge in [0.05, 0.1) is 5.02 Å². The predicted octanol–water partition coefficient (Wildman–Crippen LogP) is 4.36. The molecule has 0 spiro atoms. The Bertz CT molecular complexity index is 840. The van der Waals surface area contributed by atoms with Gasteiger partial charge in [-0.3, -0.25) is 9.59 Å². The number of carbonyl (C=O) groups excluding carboxylic acids is 2. The number of halogens is 1. The van der Waals surface area contributed by atoms with Crippen molar-refractivity contribution in [3.63, 3.8) is 0 Å². The van der Waals surface area contributed by atoms with E-state index in [2.05, 4.69) is 5.32 Å². The van der Waals surface area contributed by atoms with E-state index in [1.54, 1.807) is 36.1 Å². The molecule has 5 nitrogen and oxygen atoms in total. The van der Waals surface area contributed by atoms with Crippen molar-refractivity contribution in [1.29, 1.82) is 0 Å². The van der Waals surface area contributed by atoms with Crippen molar-refractivity contribution in [2.45, 2.75) is 52.7 Å². The van der Waals surface area contributed by atoms with E-state index in [0.29, 0.717) is 17.3 Å². The van der Waals surface area contributed by atoms with Gasteiger partial charge >= 0.3 is 0 Å². The molecule has 156 valence electrons. The first kappa shape index (κ1) is 22.8. The molecule has 0 unspecified atom stereocenters. The highest BCUT2D eigenvalue weighted by atomic mass is 35.5. The molecule has 2 rings (SSSR count). The normalized spacial score (nSPS) is 12.7. The van der Waals surface area contributed by atoms with Crippen LogP contribution >= 0.6 is 11.6 Å². The highest BCUT2D eigenvalue weighted by Gasteiger charge is 2.27. The van der Waals surface area contributed by atoms with Crippen molar-refractivity contribution in [1.82, 2.24) is 10.2 Å². The van der Waals surface area contributed by atoms with Crippen LogP contribution in [0.3, 0.4) is 0 Å². The summed E-state index contributed by atoms with van der Waals surface area (Å²) in [6.07, 6.45) is 0.819. The molecule has 2 aromatic rings. The minimum atomic E-state index is -0.633. The topological polar surface area (TPSA) is 58.6 Å². The Kier molecular flexibility index (Phi) is 8.52. The number of carbonyl (C=O) groups is 2. The third kappa shape index (κ3) is 6.79. The van der Waals surface area contributed by atoms with E-state index in [4.69, 9.17) is 16.3 Å². The summed E-state index contributed by atoms with van der Waals surface area (Å²) in [6.45, 7) is 7.80. The standard InChI is InChI=1S/C23H29ClN2O3/c1-5-17(3)25-23(28)18(4)26(14-19-10-8-9-16(2)13-19)22(27)15-29-21-12-7-6-11-20(21)24/h6-13,17-18H,5,14-15H2,1-4H3,(H,25,28)/t17-,18+/m1/s1. The first-order valence-electron chi connectivity index (χ1n) is 9.84. The number of para-hydroxylation sites is 1. The van der Waals surface area contributed by atoms with E-state index in [1.807, 2.05) is 45.0 Å². The van der Waals surface area contributed by atoms with Gasteiger partial charge in [0.2, 0.25) is 5.91 Å². The zero-order valence-corrected chi connectivity index (χ0v) is 18.2. The van der Waals surface area contributed by atoms with Crippen molar-refractivity contribution in [2.24, 2.45) is 0 Å².